The summed E-state index contributed by atoms with van der Waals surface area (Å²) in [5.74, 6) is 6.82. The number of thiophene rings is 1. The van der Waals surface area contributed by atoms with Gasteiger partial charge in [0.2, 0.25) is 5.89 Å². The summed E-state index contributed by atoms with van der Waals surface area (Å²) in [6, 6.07) is 1.54. The topological polar surface area (TPSA) is 81.2 Å². The zero-order valence-electron chi connectivity index (χ0n) is 12.2. The van der Waals surface area contributed by atoms with Gasteiger partial charge in [0.05, 0.1) is 22.5 Å². The number of nitrogens with one attached hydrogen (secondary N) is 1. The van der Waals surface area contributed by atoms with Crippen LogP contribution < -0.4 is 11.1 Å². The second-order valence-electron chi connectivity index (χ2n) is 4.63. The Morgan fingerprint density at radius 3 is 2.95 bits per heavy atom. The van der Waals surface area contributed by atoms with Gasteiger partial charge in [0.1, 0.15) is 11.8 Å². The molecule has 0 radical (unpaired) electrons. The van der Waals surface area contributed by atoms with Gasteiger partial charge in [-0.15, -0.1) is 11.3 Å². The smallest absolute Gasteiger partial charge is 0.262 e. The van der Waals surface area contributed by atoms with Crippen molar-refractivity contribution in [1.29, 1.82) is 0 Å². The maximum absolute atomic E-state index is 12.2. The van der Waals surface area contributed by atoms with Gasteiger partial charge in [-0.3, -0.25) is 4.79 Å². The van der Waals surface area contributed by atoms with Gasteiger partial charge in [-0.2, -0.15) is 0 Å². The van der Waals surface area contributed by atoms with Crippen molar-refractivity contribution in [2.24, 2.45) is 5.73 Å². The molecule has 0 aliphatic heterocycles. The van der Waals surface area contributed by atoms with Gasteiger partial charge in [-0.05, 0) is 32.4 Å². The fraction of sp³-hybridized carbons (Fsp3) is 0.333. The minimum absolute atomic E-state index is 0.160. The Kier molecular flexibility index (Phi) is 4.78. The SMILES string of the molecule is Cc1cnc(C(C)NC(=O)c2cc(C)c(C#CCN)s2)o1. The van der Waals surface area contributed by atoms with E-state index in [0.717, 1.165) is 16.2 Å². The van der Waals surface area contributed by atoms with Crippen molar-refractivity contribution in [3.05, 3.63) is 39.2 Å². The van der Waals surface area contributed by atoms with E-state index < -0.39 is 0 Å². The van der Waals surface area contributed by atoms with E-state index in [1.165, 1.54) is 11.3 Å². The molecule has 1 amide bonds. The van der Waals surface area contributed by atoms with Gasteiger partial charge in [-0.1, -0.05) is 11.8 Å². The Balaban J connectivity index is 2.10. The lowest BCUT2D eigenvalue weighted by molar-refractivity contribution is 0.0938. The molecule has 2 aromatic rings. The van der Waals surface area contributed by atoms with Crippen molar-refractivity contribution in [3.8, 4) is 11.8 Å². The summed E-state index contributed by atoms with van der Waals surface area (Å²) < 4.78 is 5.41. The van der Waals surface area contributed by atoms with E-state index in [1.54, 1.807) is 6.20 Å². The summed E-state index contributed by atoms with van der Waals surface area (Å²) in [5.41, 5.74) is 6.34. The first-order valence-electron chi connectivity index (χ1n) is 6.53. The summed E-state index contributed by atoms with van der Waals surface area (Å²) in [6.07, 6.45) is 1.63. The molecule has 0 spiro atoms. The largest absolute Gasteiger partial charge is 0.444 e. The number of oxazole rings is 1. The lowest BCUT2D eigenvalue weighted by atomic mass is 10.2. The number of aromatic nitrogens is 1. The molecule has 0 aliphatic carbocycles. The molecular formula is C15H17N3O2S. The van der Waals surface area contributed by atoms with Gasteiger partial charge in [0, 0.05) is 0 Å². The van der Waals surface area contributed by atoms with Crippen LogP contribution in [-0.2, 0) is 0 Å². The van der Waals surface area contributed by atoms with Gasteiger partial charge in [0.15, 0.2) is 0 Å². The van der Waals surface area contributed by atoms with Crippen molar-refractivity contribution < 1.29 is 9.21 Å². The Bertz CT molecular complexity index is 706. The molecule has 2 aromatic heterocycles. The van der Waals surface area contributed by atoms with Crippen LogP contribution in [0.15, 0.2) is 16.7 Å². The standard InChI is InChI=1S/C15H17N3O2S/c1-9-7-13(21-12(9)5-4-6-16)14(19)18-11(3)15-17-8-10(2)20-15/h7-8,11H,6,16H2,1-3H3,(H,18,19). The minimum atomic E-state index is -0.285. The highest BCUT2D eigenvalue weighted by Crippen LogP contribution is 2.22. The molecule has 3 N–H and O–H groups in total. The molecule has 0 saturated heterocycles. The molecular weight excluding hydrogens is 286 g/mol. The third kappa shape index (κ3) is 3.72. The number of hydrogen-bond acceptors (Lipinski definition) is 5. The normalized spacial score (nSPS) is 11.6. The van der Waals surface area contributed by atoms with E-state index >= 15 is 0 Å². The predicted octanol–water partition coefficient (Wildman–Crippen LogP) is 2.15. The summed E-state index contributed by atoms with van der Waals surface area (Å²) in [6.45, 7) is 5.88. The molecule has 2 rings (SSSR count). The molecule has 5 nitrogen and oxygen atoms in total. The number of carbonyl (C=O) groups is 1. The first kappa shape index (κ1) is 15.3. The van der Waals surface area contributed by atoms with Crippen LogP contribution >= 0.6 is 11.3 Å². The van der Waals surface area contributed by atoms with Crippen LogP contribution in [-0.4, -0.2) is 17.4 Å². The molecule has 0 aromatic carbocycles. The number of rotatable bonds is 3. The van der Waals surface area contributed by atoms with Crippen LogP contribution in [0.2, 0.25) is 0 Å². The maximum Gasteiger partial charge on any atom is 0.262 e. The lowest BCUT2D eigenvalue weighted by Gasteiger charge is -2.08. The Labute approximate surface area is 127 Å². The summed E-state index contributed by atoms with van der Waals surface area (Å²) in [7, 11) is 0. The van der Waals surface area contributed by atoms with E-state index in [1.807, 2.05) is 26.8 Å². The maximum atomic E-state index is 12.2. The molecule has 6 heteroatoms. The second-order valence-corrected chi connectivity index (χ2v) is 5.69. The van der Waals surface area contributed by atoms with Crippen molar-refractivity contribution in [1.82, 2.24) is 10.3 Å². The monoisotopic (exact) mass is 303 g/mol. The van der Waals surface area contributed by atoms with Crippen LogP contribution in [0, 0.1) is 25.7 Å². The highest BCUT2D eigenvalue weighted by Gasteiger charge is 2.17. The molecule has 0 aliphatic rings. The van der Waals surface area contributed by atoms with Crippen LogP contribution in [0.3, 0.4) is 0 Å². The molecule has 2 heterocycles. The quantitative estimate of drug-likeness (QED) is 0.851. The lowest BCUT2D eigenvalue weighted by Crippen LogP contribution is -2.26. The average molecular weight is 303 g/mol. The third-order valence-electron chi connectivity index (χ3n) is 2.80. The number of nitrogens with two attached hydrogens (primary N) is 1. The zero-order chi connectivity index (χ0) is 15.4. The van der Waals surface area contributed by atoms with Gasteiger partial charge >= 0.3 is 0 Å². The fourth-order valence-electron chi connectivity index (χ4n) is 1.75. The van der Waals surface area contributed by atoms with E-state index in [0.29, 0.717) is 17.3 Å². The van der Waals surface area contributed by atoms with E-state index in [2.05, 4.69) is 22.1 Å². The van der Waals surface area contributed by atoms with Crippen LogP contribution in [0.1, 0.15) is 44.7 Å². The first-order valence-corrected chi connectivity index (χ1v) is 7.35. The van der Waals surface area contributed by atoms with Crippen LogP contribution in [0.4, 0.5) is 0 Å². The van der Waals surface area contributed by atoms with E-state index in [4.69, 9.17) is 10.2 Å². The number of aryl methyl sites for hydroxylation is 2. The molecule has 1 atom stereocenters. The fourth-order valence-corrected chi connectivity index (χ4v) is 2.70. The molecule has 21 heavy (non-hydrogen) atoms. The van der Waals surface area contributed by atoms with Crippen molar-refractivity contribution in [3.63, 3.8) is 0 Å². The summed E-state index contributed by atoms with van der Waals surface area (Å²) >= 11 is 1.36. The zero-order valence-corrected chi connectivity index (χ0v) is 13.0. The predicted molar refractivity (Wildman–Crippen MR) is 82.1 cm³/mol. The highest BCUT2D eigenvalue weighted by atomic mass is 32.1. The van der Waals surface area contributed by atoms with Crippen LogP contribution in [0.25, 0.3) is 0 Å². The number of carbonyl (C=O) groups excluding carboxylic acids is 1. The Morgan fingerprint density at radius 2 is 2.33 bits per heavy atom. The molecule has 0 bridgehead atoms. The number of hydrogen-bond donors (Lipinski definition) is 2. The molecule has 110 valence electrons. The molecule has 1 unspecified atom stereocenters. The first-order chi connectivity index (χ1) is 10.0. The second kappa shape index (κ2) is 6.57. The van der Waals surface area contributed by atoms with E-state index in [9.17, 15) is 4.79 Å². The molecule has 0 fully saturated rings. The van der Waals surface area contributed by atoms with Crippen molar-refractivity contribution in [2.75, 3.05) is 6.54 Å². The minimum Gasteiger partial charge on any atom is -0.444 e. The Morgan fingerprint density at radius 1 is 1.57 bits per heavy atom. The van der Waals surface area contributed by atoms with E-state index in [-0.39, 0.29) is 11.9 Å². The van der Waals surface area contributed by atoms with Gasteiger partial charge < -0.3 is 15.5 Å². The van der Waals surface area contributed by atoms with Crippen LogP contribution in [0.5, 0.6) is 0 Å². The molecule has 0 saturated carbocycles. The summed E-state index contributed by atoms with van der Waals surface area (Å²) in [4.78, 5) is 17.8. The number of nitrogens with zero attached hydrogens (tertiary/aromatic N) is 1. The number of amides is 1. The van der Waals surface area contributed by atoms with Gasteiger partial charge in [0.25, 0.3) is 5.91 Å². The summed E-state index contributed by atoms with van der Waals surface area (Å²) in [5, 5.41) is 2.86. The highest BCUT2D eigenvalue weighted by molar-refractivity contribution is 7.14. The average Bonchev–Trinajstić information content (AvgIpc) is 3.03. The Hall–Kier alpha value is -2.10. The van der Waals surface area contributed by atoms with Gasteiger partial charge in [-0.25, -0.2) is 4.98 Å². The van der Waals surface area contributed by atoms with Crippen molar-refractivity contribution >= 4 is 17.2 Å². The third-order valence-corrected chi connectivity index (χ3v) is 3.95. The van der Waals surface area contributed by atoms with Crippen molar-refractivity contribution in [2.45, 2.75) is 26.8 Å².